The maximum Gasteiger partial charge on any atom is 0.0645 e. The molecule has 3 aromatic heterocycles. The summed E-state index contributed by atoms with van der Waals surface area (Å²) in [5, 5.41) is -2.50. The third-order valence-electron chi connectivity index (χ3n) is 10.3. The first-order chi connectivity index (χ1) is 37.5. The SMILES string of the molecule is [2H]c1c([2H])c([2H])c2c(c1[2H])c1c(-n3c4c([2H])c([2H])c([2H])c([2H])c4c4c(-n5c6c([2H])c([2H])c([2H])c([2H])c6c6c([2H])c([2H])c([2H])c([2H])c65)c([2H])c([2H])c([2H])c43)c([2H])c([2H])c([2H])c1n2-c1cccc(-c2ccc(-c3ccccc3)cc2)c1. The van der Waals surface area contributed by atoms with Gasteiger partial charge in [-0.2, -0.15) is 0 Å². The average molecular weight is 748 g/mol. The Bertz CT molecular complexity index is 4710. The molecule has 9 aromatic carbocycles. The summed E-state index contributed by atoms with van der Waals surface area (Å²) in [5.41, 5.74) is -0.360. The van der Waals surface area contributed by atoms with Crippen LogP contribution in [0.2, 0.25) is 0 Å². The van der Waals surface area contributed by atoms with Crippen molar-refractivity contribution >= 4 is 65.4 Å². The van der Waals surface area contributed by atoms with Crippen LogP contribution in [0.1, 0.15) is 30.2 Å². The summed E-state index contributed by atoms with van der Waals surface area (Å²) in [6.45, 7) is 0. The number of fused-ring (bicyclic) bond motifs is 9. The van der Waals surface area contributed by atoms with Crippen molar-refractivity contribution in [1.29, 1.82) is 0 Å². The lowest BCUT2D eigenvalue weighted by Crippen LogP contribution is -1.98. The summed E-state index contributed by atoms with van der Waals surface area (Å²) in [5.74, 6) is 0. The molecule has 0 amide bonds. The van der Waals surface area contributed by atoms with Gasteiger partial charge in [0.15, 0.2) is 0 Å². The topological polar surface area (TPSA) is 14.8 Å². The quantitative estimate of drug-likeness (QED) is 0.167. The van der Waals surface area contributed by atoms with E-state index >= 15 is 0 Å². The Morgan fingerprint density at radius 2 is 0.702 bits per heavy atom. The van der Waals surface area contributed by atoms with Crippen LogP contribution in [-0.4, -0.2) is 13.7 Å². The molecule has 0 spiro atoms. The molecule has 3 nitrogen and oxygen atoms in total. The van der Waals surface area contributed by atoms with Gasteiger partial charge in [-0.15, -0.1) is 0 Å². The van der Waals surface area contributed by atoms with Gasteiger partial charge in [-0.25, -0.2) is 0 Å². The molecular weight excluding hydrogens is 691 g/mol. The molecule has 12 aromatic rings. The van der Waals surface area contributed by atoms with Crippen LogP contribution in [-0.2, 0) is 0 Å². The van der Waals surface area contributed by atoms with Crippen LogP contribution >= 0.6 is 0 Å². The van der Waals surface area contributed by atoms with Gasteiger partial charge in [-0.3, -0.25) is 0 Å². The lowest BCUT2D eigenvalue weighted by atomic mass is 10.00. The summed E-state index contributed by atoms with van der Waals surface area (Å²) in [6.07, 6.45) is 0. The fraction of sp³-hybridized carbons (Fsp3) is 0. The highest BCUT2D eigenvalue weighted by atomic mass is 15.0. The smallest absolute Gasteiger partial charge is 0.0645 e. The predicted molar refractivity (Wildman–Crippen MR) is 240 cm³/mol. The monoisotopic (exact) mass is 747 g/mol. The molecule has 266 valence electrons. The zero-order chi connectivity index (χ0) is 56.6. The second-order valence-corrected chi connectivity index (χ2v) is 13.3. The minimum absolute atomic E-state index is 0.227. The third kappa shape index (κ3) is 4.73. The summed E-state index contributed by atoms with van der Waals surface area (Å²) in [4.78, 5) is 0. The minimum Gasteiger partial charge on any atom is -0.309 e. The summed E-state index contributed by atoms with van der Waals surface area (Å²) >= 11 is 0. The Morgan fingerprint density at radius 3 is 1.28 bits per heavy atom. The largest absolute Gasteiger partial charge is 0.309 e. The van der Waals surface area contributed by atoms with E-state index in [0.717, 1.165) is 25.8 Å². The maximum absolute atomic E-state index is 9.83. The number of rotatable bonds is 5. The van der Waals surface area contributed by atoms with Crippen LogP contribution in [0.4, 0.5) is 0 Å². The van der Waals surface area contributed by atoms with Gasteiger partial charge in [0, 0.05) is 38.0 Å². The van der Waals surface area contributed by atoms with Gasteiger partial charge in [0.05, 0.1) is 74.6 Å². The lowest BCUT2D eigenvalue weighted by Gasteiger charge is -2.13. The molecule has 0 aliphatic heterocycles. The molecule has 3 heteroatoms. The van der Waals surface area contributed by atoms with Gasteiger partial charge in [0.1, 0.15) is 0 Å². The molecule has 0 atom stereocenters. The van der Waals surface area contributed by atoms with Gasteiger partial charge in [0.25, 0.3) is 0 Å². The Balaban J connectivity index is 1.31. The van der Waals surface area contributed by atoms with Gasteiger partial charge in [0.2, 0.25) is 0 Å². The van der Waals surface area contributed by atoms with Crippen molar-refractivity contribution < 1.29 is 30.2 Å². The number of benzene rings is 9. The second-order valence-electron chi connectivity index (χ2n) is 13.3. The standard InChI is InChI=1S/C54H35N3/c1-2-15-36(16-3-1)37-31-33-38(34-32-37)39-17-12-18-40(35-39)55-47-25-10-6-21-43(47)53-49(55)27-13-29-51(53)57-48-26-11-7-22-44(48)54-50(28-14-30-52(54)57)56-45-23-8-4-19-41(45)42-20-5-9-24-46(42)56/h1-35H/i4D,5D,6D,7D,8D,9D,10D,11D,13D,14D,19D,20D,21D,22D,23D,24D,25D,26D,27D,28D,29D,30D. The zero-order valence-electron chi connectivity index (χ0n) is 51.3. The maximum atomic E-state index is 9.83. The van der Waals surface area contributed by atoms with E-state index in [2.05, 4.69) is 0 Å². The molecule has 12 rings (SSSR count). The van der Waals surface area contributed by atoms with Crippen LogP contribution in [0, 0.1) is 0 Å². The molecule has 57 heavy (non-hydrogen) atoms. The van der Waals surface area contributed by atoms with Crippen molar-refractivity contribution in [2.45, 2.75) is 0 Å². The van der Waals surface area contributed by atoms with E-state index in [1.807, 2.05) is 54.6 Å². The van der Waals surface area contributed by atoms with E-state index in [0.29, 0.717) is 5.56 Å². The van der Waals surface area contributed by atoms with E-state index in [-0.39, 0.29) is 27.5 Å². The summed E-state index contributed by atoms with van der Waals surface area (Å²) in [6, 6.07) is 6.68. The molecule has 0 radical (unpaired) electrons. The second kappa shape index (κ2) is 12.5. The van der Waals surface area contributed by atoms with Crippen LogP contribution in [0.15, 0.2) is 212 Å². The normalized spacial score (nSPS) is 17.3. The number of para-hydroxylation sites is 4. The van der Waals surface area contributed by atoms with Gasteiger partial charge >= 0.3 is 0 Å². The van der Waals surface area contributed by atoms with Crippen LogP contribution in [0.25, 0.3) is 105 Å². The molecule has 0 bridgehead atoms. The number of hydrogen-bond acceptors (Lipinski definition) is 0. The molecule has 0 saturated heterocycles. The first-order valence-electron chi connectivity index (χ1n) is 28.8. The highest BCUT2D eigenvalue weighted by Crippen LogP contribution is 2.43. The molecular formula is C54H35N3. The molecule has 0 aliphatic rings. The van der Waals surface area contributed by atoms with E-state index < -0.39 is 188 Å². The Labute approximate surface area is 360 Å². The van der Waals surface area contributed by atoms with Crippen molar-refractivity contribution in [2.75, 3.05) is 0 Å². The van der Waals surface area contributed by atoms with Crippen molar-refractivity contribution in [3.8, 4) is 39.3 Å². The first kappa shape index (κ1) is 17.0. The zero-order valence-corrected chi connectivity index (χ0v) is 29.3. The summed E-state index contributed by atoms with van der Waals surface area (Å²) in [7, 11) is 0. The third-order valence-corrected chi connectivity index (χ3v) is 10.3. The predicted octanol–water partition coefficient (Wildman–Crippen LogP) is 14.3. The molecule has 0 unspecified atom stereocenters. The fourth-order valence-corrected chi connectivity index (χ4v) is 7.89. The Morgan fingerprint density at radius 1 is 0.298 bits per heavy atom. The van der Waals surface area contributed by atoms with Crippen LogP contribution < -0.4 is 0 Å². The first-order valence-corrected chi connectivity index (χ1v) is 17.8. The van der Waals surface area contributed by atoms with Crippen molar-refractivity contribution in [3.05, 3.63) is 212 Å². The van der Waals surface area contributed by atoms with Gasteiger partial charge < -0.3 is 13.7 Å². The summed E-state index contributed by atoms with van der Waals surface area (Å²) < 4.78 is 207. The minimum atomic E-state index is -0.942. The number of nitrogens with zero attached hydrogens (tertiary/aromatic N) is 3. The van der Waals surface area contributed by atoms with E-state index in [1.54, 1.807) is 24.3 Å². The lowest BCUT2D eigenvalue weighted by molar-refractivity contribution is 1.17. The molecule has 3 heterocycles. The van der Waals surface area contributed by atoms with Gasteiger partial charge in [-0.1, -0.05) is 151 Å². The highest BCUT2D eigenvalue weighted by Gasteiger charge is 2.22. The van der Waals surface area contributed by atoms with Crippen molar-refractivity contribution in [1.82, 2.24) is 13.7 Å². The molecule has 0 fully saturated rings. The van der Waals surface area contributed by atoms with Crippen molar-refractivity contribution in [2.24, 2.45) is 0 Å². The Kier molecular flexibility index (Phi) is 3.72. The molecule has 0 N–H and O–H groups in total. The van der Waals surface area contributed by atoms with E-state index in [1.165, 1.54) is 4.57 Å². The number of hydrogen-bond donors (Lipinski definition) is 0. The number of aromatic nitrogens is 3. The van der Waals surface area contributed by atoms with Crippen molar-refractivity contribution in [3.63, 3.8) is 0 Å². The Hall–Kier alpha value is -7.62. The molecule has 0 saturated carbocycles. The van der Waals surface area contributed by atoms with Crippen LogP contribution in [0.5, 0.6) is 0 Å². The molecule has 0 aliphatic carbocycles. The fourth-order valence-electron chi connectivity index (χ4n) is 7.89. The highest BCUT2D eigenvalue weighted by molar-refractivity contribution is 6.19. The van der Waals surface area contributed by atoms with Gasteiger partial charge in [-0.05, 0) is 82.7 Å². The average Bonchev–Trinajstić information content (AvgIpc) is 4.09. The van der Waals surface area contributed by atoms with E-state index in [4.69, 9.17) is 13.7 Å². The van der Waals surface area contributed by atoms with E-state index in [9.17, 15) is 16.4 Å². The van der Waals surface area contributed by atoms with Crippen LogP contribution in [0.3, 0.4) is 0 Å².